The molecule has 1 aliphatic rings. The van der Waals surface area contributed by atoms with E-state index < -0.39 is 9.84 Å². The van der Waals surface area contributed by atoms with Crippen LogP contribution in [-0.4, -0.2) is 52.3 Å². The predicted molar refractivity (Wildman–Crippen MR) is 81.8 cm³/mol. The summed E-state index contributed by atoms with van der Waals surface area (Å²) in [5.74, 6) is 0. The van der Waals surface area contributed by atoms with Crippen LogP contribution in [0.15, 0.2) is 29.2 Å². The summed E-state index contributed by atoms with van der Waals surface area (Å²) in [6.07, 6.45) is 4.63. The van der Waals surface area contributed by atoms with Crippen molar-refractivity contribution in [2.45, 2.75) is 24.2 Å². The first-order valence-electron chi connectivity index (χ1n) is 7.28. The second-order valence-corrected chi connectivity index (χ2v) is 7.48. The van der Waals surface area contributed by atoms with Gasteiger partial charge in [-0.3, -0.25) is 0 Å². The van der Waals surface area contributed by atoms with Gasteiger partial charge in [0, 0.05) is 32.4 Å². The van der Waals surface area contributed by atoms with E-state index in [2.05, 4.69) is 10.2 Å². The highest BCUT2D eigenvalue weighted by Gasteiger charge is 2.09. The molecule has 0 spiro atoms. The molecule has 1 fully saturated rings. The van der Waals surface area contributed by atoms with Crippen LogP contribution in [0.4, 0.5) is 0 Å². The van der Waals surface area contributed by atoms with Gasteiger partial charge in [-0.2, -0.15) is 0 Å². The van der Waals surface area contributed by atoms with Crippen LogP contribution in [0.25, 0.3) is 0 Å². The van der Waals surface area contributed by atoms with Gasteiger partial charge in [0.05, 0.1) is 4.90 Å². The number of unbranched alkanes of at least 4 members (excludes halogenated alkanes) is 1. The van der Waals surface area contributed by atoms with Gasteiger partial charge < -0.3 is 10.2 Å². The molecule has 112 valence electrons. The summed E-state index contributed by atoms with van der Waals surface area (Å²) in [5, 5.41) is 3.36. The number of hydrogen-bond donors (Lipinski definition) is 1. The maximum Gasteiger partial charge on any atom is 0.175 e. The highest BCUT2D eigenvalue weighted by molar-refractivity contribution is 7.90. The van der Waals surface area contributed by atoms with Gasteiger partial charge >= 0.3 is 0 Å². The fourth-order valence-electron chi connectivity index (χ4n) is 2.50. The fraction of sp³-hybridized carbons (Fsp3) is 0.600. The molecule has 1 N–H and O–H groups in total. The maximum atomic E-state index is 11.4. The van der Waals surface area contributed by atoms with E-state index in [1.54, 1.807) is 12.1 Å². The number of aryl methyl sites for hydroxylation is 1. The Morgan fingerprint density at radius 3 is 2.35 bits per heavy atom. The van der Waals surface area contributed by atoms with Crippen LogP contribution in [-0.2, 0) is 16.3 Å². The van der Waals surface area contributed by atoms with Crippen molar-refractivity contribution in [3.05, 3.63) is 29.8 Å². The average Bonchev–Trinajstić information content (AvgIpc) is 2.44. The Morgan fingerprint density at radius 1 is 1.10 bits per heavy atom. The van der Waals surface area contributed by atoms with Crippen molar-refractivity contribution in [2.75, 3.05) is 39.0 Å². The lowest BCUT2D eigenvalue weighted by Crippen LogP contribution is -2.43. The van der Waals surface area contributed by atoms with Crippen LogP contribution in [0.1, 0.15) is 18.4 Å². The molecule has 4 nitrogen and oxygen atoms in total. The van der Waals surface area contributed by atoms with E-state index in [9.17, 15) is 8.42 Å². The largest absolute Gasteiger partial charge is 0.314 e. The van der Waals surface area contributed by atoms with E-state index in [1.165, 1.54) is 24.8 Å². The molecular weight excluding hydrogens is 272 g/mol. The molecule has 2 rings (SSSR count). The molecule has 0 bridgehead atoms. The summed E-state index contributed by atoms with van der Waals surface area (Å²) < 4.78 is 22.7. The lowest BCUT2D eigenvalue weighted by molar-refractivity contribution is 0.237. The number of benzene rings is 1. The van der Waals surface area contributed by atoms with Crippen molar-refractivity contribution in [3.8, 4) is 0 Å². The van der Waals surface area contributed by atoms with Crippen LogP contribution in [0, 0.1) is 0 Å². The maximum absolute atomic E-state index is 11.4. The van der Waals surface area contributed by atoms with E-state index >= 15 is 0 Å². The minimum atomic E-state index is -3.07. The molecule has 0 atom stereocenters. The zero-order valence-corrected chi connectivity index (χ0v) is 13.0. The molecule has 0 aliphatic carbocycles. The number of hydrogen-bond acceptors (Lipinski definition) is 4. The summed E-state index contributed by atoms with van der Waals surface area (Å²) in [5.41, 5.74) is 1.22. The van der Waals surface area contributed by atoms with Crippen LogP contribution in [0.5, 0.6) is 0 Å². The quantitative estimate of drug-likeness (QED) is 0.804. The smallest absolute Gasteiger partial charge is 0.175 e. The molecule has 5 heteroatoms. The highest BCUT2D eigenvalue weighted by Crippen LogP contribution is 2.12. The second-order valence-electron chi connectivity index (χ2n) is 5.46. The normalized spacial score (nSPS) is 17.2. The topological polar surface area (TPSA) is 49.4 Å². The lowest BCUT2D eigenvalue weighted by atomic mass is 10.1. The minimum Gasteiger partial charge on any atom is -0.314 e. The van der Waals surface area contributed by atoms with Gasteiger partial charge in [-0.05, 0) is 43.5 Å². The average molecular weight is 296 g/mol. The summed E-state index contributed by atoms with van der Waals surface area (Å²) in [7, 11) is -3.07. The molecule has 1 aromatic carbocycles. The van der Waals surface area contributed by atoms with E-state index in [0.29, 0.717) is 4.90 Å². The van der Waals surface area contributed by atoms with Gasteiger partial charge in [0.2, 0.25) is 0 Å². The third-order valence-electron chi connectivity index (χ3n) is 3.75. The predicted octanol–water partition coefficient (Wildman–Crippen LogP) is 1.32. The Bertz CT molecular complexity index is 505. The van der Waals surface area contributed by atoms with Crippen molar-refractivity contribution >= 4 is 9.84 Å². The summed E-state index contributed by atoms with van der Waals surface area (Å²) in [6, 6.07) is 7.28. The molecule has 1 aromatic rings. The van der Waals surface area contributed by atoms with Crippen LogP contribution in [0.3, 0.4) is 0 Å². The summed E-state index contributed by atoms with van der Waals surface area (Å²) in [6.45, 7) is 5.69. The molecule has 1 heterocycles. The van der Waals surface area contributed by atoms with Gasteiger partial charge in [0.25, 0.3) is 0 Å². The van der Waals surface area contributed by atoms with Crippen LogP contribution >= 0.6 is 0 Å². The molecule has 0 amide bonds. The Kier molecular flexibility index (Phi) is 5.57. The molecule has 1 aliphatic heterocycles. The fourth-order valence-corrected chi connectivity index (χ4v) is 3.13. The summed E-state index contributed by atoms with van der Waals surface area (Å²) >= 11 is 0. The molecule has 20 heavy (non-hydrogen) atoms. The molecule has 0 unspecified atom stereocenters. The molecule has 1 saturated heterocycles. The molecule has 0 radical (unpaired) electrons. The van der Waals surface area contributed by atoms with E-state index in [1.807, 2.05) is 12.1 Å². The van der Waals surface area contributed by atoms with Gasteiger partial charge in [-0.25, -0.2) is 8.42 Å². The minimum absolute atomic E-state index is 0.405. The number of nitrogens with one attached hydrogen (secondary N) is 1. The Morgan fingerprint density at radius 2 is 1.75 bits per heavy atom. The second kappa shape index (κ2) is 7.20. The van der Waals surface area contributed by atoms with Gasteiger partial charge in [-0.15, -0.1) is 0 Å². The Balaban J connectivity index is 1.71. The molecular formula is C15H24N2O2S. The van der Waals surface area contributed by atoms with Crippen molar-refractivity contribution in [1.82, 2.24) is 10.2 Å². The number of piperazine rings is 1. The molecule has 0 saturated carbocycles. The van der Waals surface area contributed by atoms with Crippen molar-refractivity contribution in [2.24, 2.45) is 0 Å². The number of sulfone groups is 1. The van der Waals surface area contributed by atoms with Gasteiger partial charge in [-0.1, -0.05) is 12.1 Å². The van der Waals surface area contributed by atoms with Crippen LogP contribution in [0.2, 0.25) is 0 Å². The Hall–Kier alpha value is -0.910. The summed E-state index contributed by atoms with van der Waals surface area (Å²) in [4.78, 5) is 2.91. The zero-order valence-electron chi connectivity index (χ0n) is 12.1. The van der Waals surface area contributed by atoms with Crippen molar-refractivity contribution in [3.63, 3.8) is 0 Å². The first kappa shape index (κ1) is 15.5. The van der Waals surface area contributed by atoms with E-state index in [4.69, 9.17) is 0 Å². The van der Waals surface area contributed by atoms with Crippen molar-refractivity contribution < 1.29 is 8.42 Å². The lowest BCUT2D eigenvalue weighted by Gasteiger charge is -2.27. The number of nitrogens with zero attached hydrogens (tertiary/aromatic N) is 1. The van der Waals surface area contributed by atoms with Crippen LogP contribution < -0.4 is 5.32 Å². The van der Waals surface area contributed by atoms with E-state index in [-0.39, 0.29) is 0 Å². The standard InChI is InChI=1S/C15H24N2O2S/c1-20(18,19)15-7-5-14(6-8-15)4-2-3-11-17-12-9-16-10-13-17/h5-8,16H,2-4,9-13H2,1H3. The third-order valence-corrected chi connectivity index (χ3v) is 4.88. The van der Waals surface area contributed by atoms with Gasteiger partial charge in [0.1, 0.15) is 0 Å². The van der Waals surface area contributed by atoms with E-state index in [0.717, 1.165) is 39.0 Å². The molecule has 0 aromatic heterocycles. The third kappa shape index (κ3) is 4.89. The van der Waals surface area contributed by atoms with Gasteiger partial charge in [0.15, 0.2) is 9.84 Å². The van der Waals surface area contributed by atoms with Crippen molar-refractivity contribution in [1.29, 1.82) is 0 Å². The SMILES string of the molecule is CS(=O)(=O)c1ccc(CCCCN2CCNCC2)cc1. The zero-order chi connectivity index (χ0) is 14.4. The first-order chi connectivity index (χ1) is 9.55. The monoisotopic (exact) mass is 296 g/mol. The number of rotatable bonds is 6. The first-order valence-corrected chi connectivity index (χ1v) is 9.17. The highest BCUT2D eigenvalue weighted by atomic mass is 32.2. The Labute approximate surface area is 122 Å².